The topological polar surface area (TPSA) is 29.5 Å². The highest BCUT2D eigenvalue weighted by molar-refractivity contribution is 6.22. The lowest BCUT2D eigenvalue weighted by molar-refractivity contribution is 0.399. The van der Waals surface area contributed by atoms with Gasteiger partial charge in [0.1, 0.15) is 22.3 Å². The first-order chi connectivity index (χ1) is 55.9. The first-order valence-electron chi connectivity index (χ1n) is 42.9. The van der Waals surface area contributed by atoms with E-state index in [0.717, 1.165) is 61.3 Å². The molecule has 566 valence electrons. The molecule has 115 heavy (non-hydrogen) atoms. The summed E-state index contributed by atoms with van der Waals surface area (Å²) in [5.41, 5.74) is 43.9. The Morgan fingerprint density at radius 1 is 0.278 bits per heavy atom. The predicted octanol–water partition coefficient (Wildman–Crippen LogP) is 32.1. The fourth-order valence-electron chi connectivity index (χ4n) is 22.5. The molecular weight excluding hydrogens is 1390 g/mol. The summed E-state index contributed by atoms with van der Waals surface area (Å²) < 4.78 is 14.3. The lowest BCUT2D eigenvalue weighted by atomic mass is 9.70. The van der Waals surface area contributed by atoms with Crippen LogP contribution < -0.4 is 4.90 Å². The number of rotatable bonds is 19. The highest BCUT2D eigenvalue weighted by Crippen LogP contribution is 2.65. The van der Waals surface area contributed by atoms with Crippen molar-refractivity contribution < 1.29 is 8.83 Å². The van der Waals surface area contributed by atoms with Crippen LogP contribution in [0, 0.1) is 6.92 Å². The molecule has 0 atom stereocenters. The number of benzene rings is 14. The van der Waals surface area contributed by atoms with Gasteiger partial charge in [0.05, 0.1) is 5.69 Å². The summed E-state index contributed by atoms with van der Waals surface area (Å²) in [6.07, 6.45) is 15.5. The summed E-state index contributed by atoms with van der Waals surface area (Å²) in [5, 5.41) is 4.68. The van der Waals surface area contributed by atoms with Gasteiger partial charge >= 0.3 is 0 Å². The molecule has 0 fully saturated rings. The van der Waals surface area contributed by atoms with Crippen LogP contribution in [0.3, 0.4) is 0 Å². The van der Waals surface area contributed by atoms with Crippen LogP contribution in [0.1, 0.15) is 207 Å². The molecule has 0 N–H and O–H groups in total. The highest BCUT2D eigenvalue weighted by Gasteiger charge is 2.50. The largest absolute Gasteiger partial charge is 0.455 e. The van der Waals surface area contributed by atoms with E-state index in [9.17, 15) is 0 Å². The minimum absolute atomic E-state index is 0.0407. The van der Waals surface area contributed by atoms with Crippen LogP contribution in [0.5, 0.6) is 0 Å². The van der Waals surface area contributed by atoms with Gasteiger partial charge in [-0.2, -0.15) is 0 Å². The summed E-state index contributed by atoms with van der Waals surface area (Å²) in [4.78, 5) is 2.55. The summed E-state index contributed by atoms with van der Waals surface area (Å²) >= 11 is 0. The Morgan fingerprint density at radius 3 is 1.31 bits per heavy atom. The molecule has 21 rings (SSSR count). The molecule has 0 spiro atoms. The van der Waals surface area contributed by atoms with Gasteiger partial charge in [-0.05, 0) is 226 Å². The minimum Gasteiger partial charge on any atom is -0.455 e. The fraction of sp³-hybridized carbons (Fsp3) is 0.250. The molecule has 3 nitrogen and oxygen atoms in total. The number of unbranched alkanes of at least 4 members (excludes halogenated alkanes) is 8. The van der Waals surface area contributed by atoms with E-state index < -0.39 is 5.41 Å². The van der Waals surface area contributed by atoms with Gasteiger partial charge in [0.2, 0.25) is 0 Å². The molecule has 2 heterocycles. The number of furan rings is 2. The number of para-hydroxylation sites is 3. The molecule has 16 aromatic rings. The quantitative estimate of drug-likeness (QED) is 0.0756. The molecule has 0 radical (unpaired) electrons. The van der Waals surface area contributed by atoms with Crippen molar-refractivity contribution in [2.45, 2.75) is 180 Å². The van der Waals surface area contributed by atoms with Gasteiger partial charge in [-0.15, -0.1) is 0 Å². The Bertz CT molecular complexity index is 6680. The van der Waals surface area contributed by atoms with E-state index in [-0.39, 0.29) is 21.7 Å². The zero-order valence-electron chi connectivity index (χ0n) is 68.7. The second-order valence-electron chi connectivity index (χ2n) is 36.5. The van der Waals surface area contributed by atoms with Gasteiger partial charge in [-0.1, -0.05) is 339 Å². The Hall–Kier alpha value is -11.5. The molecule has 5 aliphatic carbocycles. The second-order valence-corrected chi connectivity index (χ2v) is 36.5. The molecule has 0 unspecified atom stereocenters. The maximum Gasteiger partial charge on any atom is 0.144 e. The van der Waals surface area contributed by atoms with Crippen LogP contribution in [-0.2, 0) is 27.1 Å². The Kier molecular flexibility index (Phi) is 16.4. The van der Waals surface area contributed by atoms with Gasteiger partial charge < -0.3 is 13.7 Å². The van der Waals surface area contributed by atoms with Gasteiger partial charge in [0, 0.05) is 76.7 Å². The van der Waals surface area contributed by atoms with Crippen LogP contribution >= 0.6 is 0 Å². The average molecular weight is 1490 g/mol. The van der Waals surface area contributed by atoms with Crippen molar-refractivity contribution >= 4 is 60.9 Å². The third-order valence-corrected chi connectivity index (χ3v) is 28.4. The van der Waals surface area contributed by atoms with E-state index >= 15 is 0 Å². The van der Waals surface area contributed by atoms with E-state index in [1.807, 2.05) is 0 Å². The van der Waals surface area contributed by atoms with Gasteiger partial charge in [0.25, 0.3) is 0 Å². The summed E-state index contributed by atoms with van der Waals surface area (Å²) in [6.45, 7) is 26.4. The van der Waals surface area contributed by atoms with Crippen molar-refractivity contribution in [3.8, 4) is 100 Å². The third-order valence-electron chi connectivity index (χ3n) is 28.4. The van der Waals surface area contributed by atoms with Crippen molar-refractivity contribution in [3.05, 3.63) is 328 Å². The van der Waals surface area contributed by atoms with Crippen LogP contribution in [0.2, 0.25) is 0 Å². The Morgan fingerprint density at radius 2 is 0.687 bits per heavy atom. The molecule has 5 aliphatic rings. The number of anilines is 3. The summed E-state index contributed by atoms with van der Waals surface area (Å²) in [6, 6.07) is 103. The van der Waals surface area contributed by atoms with Crippen LogP contribution in [0.4, 0.5) is 17.1 Å². The monoisotopic (exact) mass is 1490 g/mol. The number of fused-ring (bicyclic) bond motifs is 25. The zero-order valence-corrected chi connectivity index (χ0v) is 68.7. The van der Waals surface area contributed by atoms with Crippen molar-refractivity contribution in [2.24, 2.45) is 0 Å². The number of aryl methyl sites for hydroxylation is 1. The zero-order chi connectivity index (χ0) is 78.2. The Balaban J connectivity index is 0.635. The SMILES string of the molecule is CCCCCCCC1(CCCCCCC)c2ccccc2-c2ccc(-c3ccc4c(c3)C(C)(C)c3cc(-c5ccc(-c6cc7c(c8c6oc6ccccc68)-c6ccc(N(c8ccc9c(c8)C(C)(C)c8c%10c(c%11oc%12ccccc%12c%11c8-9)-c8ccccc8C%10(C)C)c8ccccc8-c8ccc(C)cc8)cc6C7(C)C)cc5)ccc3-4)cc21. The van der Waals surface area contributed by atoms with E-state index in [1.54, 1.807) is 11.1 Å². The molecular formula is C112H101NO2. The van der Waals surface area contributed by atoms with Gasteiger partial charge in [-0.3, -0.25) is 0 Å². The van der Waals surface area contributed by atoms with Crippen LogP contribution in [0.25, 0.3) is 144 Å². The Labute approximate surface area is 678 Å². The van der Waals surface area contributed by atoms with Crippen molar-refractivity contribution in [3.63, 3.8) is 0 Å². The van der Waals surface area contributed by atoms with E-state index in [1.165, 1.54) is 227 Å². The molecule has 0 bridgehead atoms. The van der Waals surface area contributed by atoms with E-state index in [0.29, 0.717) is 0 Å². The maximum absolute atomic E-state index is 7.19. The average Bonchev–Trinajstić information content (AvgIpc) is 1.51. The number of hydrogen-bond donors (Lipinski definition) is 0. The molecule has 0 aliphatic heterocycles. The second kappa shape index (κ2) is 26.5. The molecule has 0 saturated heterocycles. The smallest absolute Gasteiger partial charge is 0.144 e. The summed E-state index contributed by atoms with van der Waals surface area (Å²) in [7, 11) is 0. The number of hydrogen-bond acceptors (Lipinski definition) is 3. The highest BCUT2D eigenvalue weighted by atomic mass is 16.3. The normalized spacial score (nSPS) is 15.3. The van der Waals surface area contributed by atoms with E-state index in [2.05, 4.69) is 348 Å². The van der Waals surface area contributed by atoms with Crippen molar-refractivity contribution in [1.29, 1.82) is 0 Å². The first kappa shape index (κ1) is 71.3. The van der Waals surface area contributed by atoms with Gasteiger partial charge in [-0.25, -0.2) is 0 Å². The minimum atomic E-state index is -0.412. The third kappa shape index (κ3) is 10.6. The van der Waals surface area contributed by atoms with E-state index in [4.69, 9.17) is 8.83 Å². The summed E-state index contributed by atoms with van der Waals surface area (Å²) in [5.74, 6) is 0. The van der Waals surface area contributed by atoms with Gasteiger partial charge in [0.15, 0.2) is 0 Å². The lowest BCUT2D eigenvalue weighted by Gasteiger charge is -2.33. The lowest BCUT2D eigenvalue weighted by Crippen LogP contribution is -2.25. The molecule has 0 amide bonds. The fourth-order valence-corrected chi connectivity index (χ4v) is 22.5. The molecule has 0 saturated carbocycles. The molecule has 14 aromatic carbocycles. The first-order valence-corrected chi connectivity index (χ1v) is 42.9. The standard InChI is InChI=1S/C112H101NO2/c1-12-14-16-18-30-60-112(61-31-19-17-15-13-2)89-38-26-20-33-78(89)81-57-52-74(64-94(81)112)73-51-56-80-79-55-50-72(62-90(79)108(4,5)91(80)63-73)69-46-48-71(49-47-69)87-67-95-99(101-85-35-23-28-40-97(85)114-106(87)101)83-58-53-75(65-92(83)109(95,6)7)113(96-39-27-22-32-77(96)70-44-42-68(3)43-45-70)76-54-59-84-93(66-76)111(10,11)104-100(84)102-86-36-24-29-41-98(86)115-107(102)103-82-34-21-25-37-88(82)110(8,9)105(103)104/h20-29,32-59,62-67H,12-19,30-31,60-61H2,1-11H3. The maximum atomic E-state index is 7.19. The molecule has 2 aromatic heterocycles. The van der Waals surface area contributed by atoms with Crippen LogP contribution in [0.15, 0.2) is 276 Å². The molecule has 3 heteroatoms. The van der Waals surface area contributed by atoms with Crippen LogP contribution in [-0.4, -0.2) is 0 Å². The number of nitrogens with zero attached hydrogens (tertiary/aromatic N) is 1. The van der Waals surface area contributed by atoms with Crippen molar-refractivity contribution in [1.82, 2.24) is 0 Å². The van der Waals surface area contributed by atoms with Crippen molar-refractivity contribution in [2.75, 3.05) is 4.90 Å². The predicted molar refractivity (Wildman–Crippen MR) is 485 cm³/mol.